The fraction of sp³-hybridized carbons (Fsp3) is 0.136. The van der Waals surface area contributed by atoms with E-state index in [4.69, 9.17) is 0 Å². The van der Waals surface area contributed by atoms with Crippen molar-refractivity contribution in [3.63, 3.8) is 0 Å². The molecule has 3 rings (SSSR count). The zero-order valence-electron chi connectivity index (χ0n) is 15.6. The molecule has 0 unspecified atom stereocenters. The van der Waals surface area contributed by atoms with Crippen LogP contribution in [-0.4, -0.2) is 28.5 Å². The fourth-order valence-electron chi connectivity index (χ4n) is 2.74. The van der Waals surface area contributed by atoms with Gasteiger partial charge in [-0.15, -0.1) is 0 Å². The molecule has 1 aliphatic rings. The summed E-state index contributed by atoms with van der Waals surface area (Å²) in [6.07, 6.45) is 3.61. The fourth-order valence-corrected chi connectivity index (χ4v) is 3.63. The van der Waals surface area contributed by atoms with Crippen LogP contribution in [0.1, 0.15) is 18.1 Å². The molecule has 1 fully saturated rings. The Balaban J connectivity index is 1.68. The Labute approximate surface area is 168 Å². The van der Waals surface area contributed by atoms with E-state index in [9.17, 15) is 14.4 Å². The number of benzene rings is 2. The summed E-state index contributed by atoms with van der Waals surface area (Å²) < 4.78 is 0. The van der Waals surface area contributed by atoms with E-state index in [1.807, 2.05) is 68.5 Å². The lowest BCUT2D eigenvalue weighted by Gasteiger charge is -2.13. The van der Waals surface area contributed by atoms with Gasteiger partial charge in [-0.2, -0.15) is 0 Å². The maximum atomic E-state index is 12.6. The quantitative estimate of drug-likeness (QED) is 0.754. The summed E-state index contributed by atoms with van der Waals surface area (Å²) in [5.74, 6) is -0.856. The second-order valence-corrected chi connectivity index (χ2v) is 7.42. The summed E-state index contributed by atoms with van der Waals surface area (Å²) in [5, 5.41) is 2.30. The average molecular weight is 392 g/mol. The van der Waals surface area contributed by atoms with Crippen LogP contribution in [0.15, 0.2) is 71.2 Å². The van der Waals surface area contributed by atoms with Gasteiger partial charge in [0.1, 0.15) is 6.54 Å². The lowest BCUT2D eigenvalue weighted by Crippen LogP contribution is -2.36. The van der Waals surface area contributed by atoms with Crippen molar-refractivity contribution in [2.24, 2.45) is 0 Å². The van der Waals surface area contributed by atoms with Gasteiger partial charge in [-0.05, 0) is 54.5 Å². The van der Waals surface area contributed by atoms with Gasteiger partial charge in [-0.25, -0.2) is 0 Å². The van der Waals surface area contributed by atoms with Crippen molar-refractivity contribution < 1.29 is 14.4 Å². The van der Waals surface area contributed by atoms with Crippen molar-refractivity contribution in [3.8, 4) is 0 Å². The predicted molar refractivity (Wildman–Crippen MR) is 113 cm³/mol. The Morgan fingerprint density at radius 3 is 2.46 bits per heavy atom. The third kappa shape index (κ3) is 4.78. The normalized spacial score (nSPS) is 16.0. The Bertz CT molecular complexity index is 980. The Kier molecular flexibility index (Phi) is 6.11. The van der Waals surface area contributed by atoms with E-state index < -0.39 is 17.1 Å². The minimum atomic E-state index is -0.448. The number of carbonyl (C=O) groups is 3. The number of hydrogen-bond donors (Lipinski definition) is 1. The van der Waals surface area contributed by atoms with Crippen molar-refractivity contribution in [3.05, 3.63) is 82.3 Å². The van der Waals surface area contributed by atoms with Crippen LogP contribution < -0.4 is 5.32 Å². The minimum Gasteiger partial charge on any atom is -0.324 e. The molecular formula is C22H20N2O3S. The second-order valence-electron chi connectivity index (χ2n) is 6.43. The van der Waals surface area contributed by atoms with Crippen LogP contribution in [0.25, 0.3) is 6.08 Å². The number of rotatable bonds is 5. The molecule has 0 atom stereocenters. The van der Waals surface area contributed by atoms with Crippen LogP contribution >= 0.6 is 11.8 Å². The zero-order valence-corrected chi connectivity index (χ0v) is 16.5. The van der Waals surface area contributed by atoms with Crippen LogP contribution in [0.4, 0.5) is 10.5 Å². The predicted octanol–water partition coefficient (Wildman–Crippen LogP) is 4.62. The van der Waals surface area contributed by atoms with Crippen molar-refractivity contribution in [2.45, 2.75) is 13.8 Å². The number of nitrogens with zero attached hydrogens (tertiary/aromatic N) is 1. The molecule has 0 bridgehead atoms. The summed E-state index contributed by atoms with van der Waals surface area (Å²) in [4.78, 5) is 38.4. The highest BCUT2D eigenvalue weighted by Gasteiger charge is 2.36. The zero-order chi connectivity index (χ0) is 20.1. The smallest absolute Gasteiger partial charge is 0.294 e. The van der Waals surface area contributed by atoms with Crippen LogP contribution in [0, 0.1) is 6.92 Å². The monoisotopic (exact) mass is 392 g/mol. The summed E-state index contributed by atoms with van der Waals surface area (Å²) in [6.45, 7) is 3.43. The lowest BCUT2D eigenvalue weighted by atomic mass is 10.1. The third-order valence-electron chi connectivity index (χ3n) is 4.15. The molecule has 0 spiro atoms. The Morgan fingerprint density at radius 2 is 1.75 bits per heavy atom. The van der Waals surface area contributed by atoms with E-state index in [0.717, 1.165) is 33.4 Å². The molecule has 0 saturated carbocycles. The van der Waals surface area contributed by atoms with Gasteiger partial charge >= 0.3 is 0 Å². The number of para-hydroxylation sites is 1. The van der Waals surface area contributed by atoms with E-state index in [1.54, 1.807) is 12.1 Å². The van der Waals surface area contributed by atoms with Crippen molar-refractivity contribution >= 4 is 40.6 Å². The van der Waals surface area contributed by atoms with Crippen LogP contribution in [-0.2, 0) is 9.59 Å². The van der Waals surface area contributed by atoms with E-state index in [1.165, 1.54) is 0 Å². The van der Waals surface area contributed by atoms with Gasteiger partial charge in [0, 0.05) is 5.69 Å². The van der Waals surface area contributed by atoms with Crippen molar-refractivity contribution in [1.29, 1.82) is 0 Å². The lowest BCUT2D eigenvalue weighted by molar-refractivity contribution is -0.127. The first kappa shape index (κ1) is 19.6. The molecule has 1 saturated heterocycles. The number of carbonyl (C=O) groups excluding carboxylic acids is 3. The molecule has 6 heteroatoms. The standard InChI is InChI=1S/C22H20N2O3S/c1-15(12-17-9-4-3-5-10-17)13-19-21(26)24(22(27)28-19)14-20(25)23-18-11-7-6-8-16(18)2/h3-13H,14H2,1-2H3,(H,23,25)/b15-12+,19-13-. The van der Waals surface area contributed by atoms with Gasteiger partial charge in [0.15, 0.2) is 0 Å². The van der Waals surface area contributed by atoms with Crippen molar-refractivity contribution in [1.82, 2.24) is 4.90 Å². The molecule has 0 aromatic heterocycles. The number of aryl methyl sites for hydroxylation is 1. The molecular weight excluding hydrogens is 372 g/mol. The molecule has 28 heavy (non-hydrogen) atoms. The topological polar surface area (TPSA) is 66.5 Å². The maximum absolute atomic E-state index is 12.6. The molecule has 1 heterocycles. The van der Waals surface area contributed by atoms with Gasteiger partial charge in [0.05, 0.1) is 4.91 Å². The number of amides is 3. The molecule has 2 aromatic carbocycles. The van der Waals surface area contributed by atoms with Gasteiger partial charge in [0.25, 0.3) is 11.1 Å². The molecule has 1 aliphatic heterocycles. The van der Waals surface area contributed by atoms with Gasteiger partial charge in [0.2, 0.25) is 5.91 Å². The number of hydrogen-bond acceptors (Lipinski definition) is 4. The first-order valence-electron chi connectivity index (χ1n) is 8.78. The molecule has 0 aliphatic carbocycles. The number of thioether (sulfide) groups is 1. The highest BCUT2D eigenvalue weighted by molar-refractivity contribution is 8.18. The Hall–Kier alpha value is -3.12. The number of allylic oxidation sites excluding steroid dienone is 2. The largest absolute Gasteiger partial charge is 0.324 e. The van der Waals surface area contributed by atoms with E-state index in [2.05, 4.69) is 5.32 Å². The molecule has 2 aromatic rings. The molecule has 142 valence electrons. The third-order valence-corrected chi connectivity index (χ3v) is 5.05. The number of nitrogens with one attached hydrogen (secondary N) is 1. The van der Waals surface area contributed by atoms with E-state index >= 15 is 0 Å². The number of anilines is 1. The first-order chi connectivity index (χ1) is 13.4. The average Bonchev–Trinajstić information content (AvgIpc) is 2.91. The molecule has 0 radical (unpaired) electrons. The SMILES string of the molecule is CC(/C=C1\SC(=O)N(CC(=O)Nc2ccccc2C)C1=O)=C\c1ccccc1. The van der Waals surface area contributed by atoms with Crippen molar-refractivity contribution in [2.75, 3.05) is 11.9 Å². The van der Waals surface area contributed by atoms with Gasteiger partial charge in [-0.3, -0.25) is 19.3 Å². The summed E-state index contributed by atoms with van der Waals surface area (Å²) >= 11 is 0.850. The summed E-state index contributed by atoms with van der Waals surface area (Å²) in [7, 11) is 0. The van der Waals surface area contributed by atoms with Crippen LogP contribution in [0.5, 0.6) is 0 Å². The molecule has 5 nitrogen and oxygen atoms in total. The first-order valence-corrected chi connectivity index (χ1v) is 9.60. The highest BCUT2D eigenvalue weighted by Crippen LogP contribution is 2.31. The van der Waals surface area contributed by atoms with Gasteiger partial charge in [-0.1, -0.05) is 54.6 Å². The summed E-state index contributed by atoms with van der Waals surface area (Å²) in [5.41, 5.74) is 3.43. The minimum absolute atomic E-state index is 0.308. The van der Waals surface area contributed by atoms with E-state index in [-0.39, 0.29) is 6.54 Å². The van der Waals surface area contributed by atoms with Crippen LogP contribution in [0.3, 0.4) is 0 Å². The summed E-state index contributed by atoms with van der Waals surface area (Å²) in [6, 6.07) is 17.0. The molecule has 3 amide bonds. The maximum Gasteiger partial charge on any atom is 0.294 e. The Morgan fingerprint density at radius 1 is 1.07 bits per heavy atom. The highest BCUT2D eigenvalue weighted by atomic mass is 32.2. The van der Waals surface area contributed by atoms with Crippen LogP contribution in [0.2, 0.25) is 0 Å². The molecule has 1 N–H and O–H groups in total. The second kappa shape index (κ2) is 8.71. The van der Waals surface area contributed by atoms with E-state index in [0.29, 0.717) is 10.6 Å². The van der Waals surface area contributed by atoms with Gasteiger partial charge < -0.3 is 5.32 Å². The number of imide groups is 1.